The topological polar surface area (TPSA) is 48.1 Å². The number of H-pyrrole nitrogens is 1. The lowest BCUT2D eigenvalue weighted by Crippen LogP contribution is -2.27. The molecule has 1 heterocycles. The molecule has 0 atom stereocenters. The Balaban J connectivity index is 2.38. The van der Waals surface area contributed by atoms with Crippen molar-refractivity contribution in [3.8, 4) is 0 Å². The molecule has 0 aliphatic carbocycles. The van der Waals surface area contributed by atoms with Crippen molar-refractivity contribution in [3.05, 3.63) is 23.0 Å². The lowest BCUT2D eigenvalue weighted by Gasteiger charge is -2.09. The van der Waals surface area contributed by atoms with Gasteiger partial charge < -0.3 is 15.2 Å². The minimum absolute atomic E-state index is 0.0145. The quantitative estimate of drug-likeness (QED) is 0.739. The van der Waals surface area contributed by atoms with E-state index in [0.717, 1.165) is 36.5 Å². The van der Waals surface area contributed by atoms with Crippen LogP contribution in [0, 0.1) is 13.8 Å². The molecule has 4 heteroatoms. The van der Waals surface area contributed by atoms with Crippen LogP contribution in [0.1, 0.15) is 28.2 Å². The SMILES string of the molecule is Cc1cc(C(=O)NCCCN(C)C)c(C)[nH]1. The van der Waals surface area contributed by atoms with Crippen LogP contribution >= 0.6 is 0 Å². The summed E-state index contributed by atoms with van der Waals surface area (Å²) in [6.45, 7) is 5.59. The molecule has 1 rings (SSSR count). The van der Waals surface area contributed by atoms with Gasteiger partial charge in [-0.1, -0.05) is 0 Å². The van der Waals surface area contributed by atoms with E-state index in [4.69, 9.17) is 0 Å². The van der Waals surface area contributed by atoms with E-state index in [2.05, 4.69) is 15.2 Å². The van der Waals surface area contributed by atoms with Crippen LogP contribution in [0.2, 0.25) is 0 Å². The zero-order chi connectivity index (χ0) is 12.1. The minimum Gasteiger partial charge on any atom is -0.362 e. The standard InChI is InChI=1S/C12H21N3O/c1-9-8-11(10(2)14-9)12(16)13-6-5-7-15(3)4/h8,14H,5-7H2,1-4H3,(H,13,16). The maximum absolute atomic E-state index is 11.8. The van der Waals surface area contributed by atoms with E-state index in [1.807, 2.05) is 34.0 Å². The van der Waals surface area contributed by atoms with Crippen molar-refractivity contribution in [2.45, 2.75) is 20.3 Å². The maximum atomic E-state index is 11.8. The van der Waals surface area contributed by atoms with Gasteiger partial charge in [-0.05, 0) is 47.0 Å². The highest BCUT2D eigenvalue weighted by Crippen LogP contribution is 2.08. The summed E-state index contributed by atoms with van der Waals surface area (Å²) in [4.78, 5) is 17.0. The molecule has 0 saturated carbocycles. The van der Waals surface area contributed by atoms with E-state index in [1.54, 1.807) is 0 Å². The zero-order valence-electron chi connectivity index (χ0n) is 10.6. The Hall–Kier alpha value is -1.29. The fraction of sp³-hybridized carbons (Fsp3) is 0.583. The van der Waals surface area contributed by atoms with Crippen molar-refractivity contribution in [1.82, 2.24) is 15.2 Å². The number of nitrogens with zero attached hydrogens (tertiary/aromatic N) is 1. The van der Waals surface area contributed by atoms with Crippen molar-refractivity contribution in [2.24, 2.45) is 0 Å². The van der Waals surface area contributed by atoms with Crippen LogP contribution in [0.25, 0.3) is 0 Å². The van der Waals surface area contributed by atoms with Crippen LogP contribution in [0.4, 0.5) is 0 Å². The number of carbonyl (C=O) groups is 1. The van der Waals surface area contributed by atoms with Gasteiger partial charge in [-0.15, -0.1) is 0 Å². The van der Waals surface area contributed by atoms with Gasteiger partial charge in [-0.2, -0.15) is 0 Å². The highest BCUT2D eigenvalue weighted by molar-refractivity contribution is 5.95. The second-order valence-corrected chi connectivity index (χ2v) is 4.40. The summed E-state index contributed by atoms with van der Waals surface area (Å²) in [5, 5.41) is 2.92. The number of amides is 1. The molecule has 0 aliphatic rings. The molecule has 1 aromatic heterocycles. The Morgan fingerprint density at radius 2 is 2.12 bits per heavy atom. The number of aromatic amines is 1. The van der Waals surface area contributed by atoms with Crippen LogP contribution in [0.5, 0.6) is 0 Å². The molecule has 0 aliphatic heterocycles. The molecule has 0 aromatic carbocycles. The van der Waals surface area contributed by atoms with Crippen LogP contribution in [0.15, 0.2) is 6.07 Å². The average Bonchev–Trinajstić information content (AvgIpc) is 2.52. The predicted octanol–water partition coefficient (Wildman–Crippen LogP) is 1.31. The van der Waals surface area contributed by atoms with Gasteiger partial charge in [-0.25, -0.2) is 0 Å². The number of carbonyl (C=O) groups excluding carboxylic acids is 1. The Kier molecular flexibility index (Phi) is 4.55. The van der Waals surface area contributed by atoms with Crippen molar-refractivity contribution in [2.75, 3.05) is 27.2 Å². The first kappa shape index (κ1) is 12.8. The minimum atomic E-state index is 0.0145. The normalized spacial score (nSPS) is 10.8. The molecule has 2 N–H and O–H groups in total. The second kappa shape index (κ2) is 5.70. The maximum Gasteiger partial charge on any atom is 0.253 e. The predicted molar refractivity (Wildman–Crippen MR) is 65.8 cm³/mol. The Labute approximate surface area is 97.0 Å². The van der Waals surface area contributed by atoms with Gasteiger partial charge in [-0.3, -0.25) is 4.79 Å². The van der Waals surface area contributed by atoms with Crippen molar-refractivity contribution < 1.29 is 4.79 Å². The lowest BCUT2D eigenvalue weighted by molar-refractivity contribution is 0.0952. The van der Waals surface area contributed by atoms with E-state index in [1.165, 1.54) is 0 Å². The Morgan fingerprint density at radius 3 is 2.62 bits per heavy atom. The molecule has 0 unspecified atom stereocenters. The summed E-state index contributed by atoms with van der Waals surface area (Å²) in [5.74, 6) is 0.0145. The number of rotatable bonds is 5. The monoisotopic (exact) mass is 223 g/mol. The number of hydrogen-bond donors (Lipinski definition) is 2. The fourth-order valence-electron chi connectivity index (χ4n) is 1.65. The largest absolute Gasteiger partial charge is 0.362 e. The van der Waals surface area contributed by atoms with Gasteiger partial charge >= 0.3 is 0 Å². The lowest BCUT2D eigenvalue weighted by atomic mass is 10.2. The van der Waals surface area contributed by atoms with E-state index in [9.17, 15) is 4.79 Å². The van der Waals surface area contributed by atoms with E-state index in [0.29, 0.717) is 0 Å². The Morgan fingerprint density at radius 1 is 1.44 bits per heavy atom. The summed E-state index contributed by atoms with van der Waals surface area (Å²) >= 11 is 0. The number of nitrogens with one attached hydrogen (secondary N) is 2. The van der Waals surface area contributed by atoms with Crippen LogP contribution in [0.3, 0.4) is 0 Å². The van der Waals surface area contributed by atoms with Gasteiger partial charge in [0, 0.05) is 17.9 Å². The summed E-state index contributed by atoms with van der Waals surface area (Å²) in [7, 11) is 4.06. The first-order valence-electron chi connectivity index (χ1n) is 5.60. The summed E-state index contributed by atoms with van der Waals surface area (Å²) < 4.78 is 0. The second-order valence-electron chi connectivity index (χ2n) is 4.40. The molecule has 1 amide bonds. The molecule has 0 spiro atoms. The van der Waals surface area contributed by atoms with Gasteiger partial charge in [0.2, 0.25) is 0 Å². The highest BCUT2D eigenvalue weighted by atomic mass is 16.1. The summed E-state index contributed by atoms with van der Waals surface area (Å²) in [6, 6.07) is 1.89. The zero-order valence-corrected chi connectivity index (χ0v) is 10.6. The van der Waals surface area contributed by atoms with Crippen molar-refractivity contribution in [1.29, 1.82) is 0 Å². The van der Waals surface area contributed by atoms with Gasteiger partial charge in [0.25, 0.3) is 5.91 Å². The third-order valence-electron chi connectivity index (χ3n) is 2.46. The van der Waals surface area contributed by atoms with Gasteiger partial charge in [0.1, 0.15) is 0 Å². The molecule has 0 radical (unpaired) electrons. The van der Waals surface area contributed by atoms with Crippen LogP contribution < -0.4 is 5.32 Å². The van der Waals surface area contributed by atoms with Crippen LogP contribution in [-0.4, -0.2) is 43.0 Å². The summed E-state index contributed by atoms with van der Waals surface area (Å²) in [6.07, 6.45) is 0.973. The van der Waals surface area contributed by atoms with Crippen molar-refractivity contribution >= 4 is 5.91 Å². The molecule has 1 aromatic rings. The fourth-order valence-corrected chi connectivity index (χ4v) is 1.65. The first-order valence-corrected chi connectivity index (χ1v) is 5.60. The number of aryl methyl sites for hydroxylation is 2. The number of aromatic nitrogens is 1. The molecule has 90 valence electrons. The average molecular weight is 223 g/mol. The third kappa shape index (κ3) is 3.70. The smallest absolute Gasteiger partial charge is 0.253 e. The van der Waals surface area contributed by atoms with Gasteiger partial charge in [0.05, 0.1) is 5.56 Å². The first-order chi connectivity index (χ1) is 7.50. The third-order valence-corrected chi connectivity index (χ3v) is 2.46. The number of hydrogen-bond acceptors (Lipinski definition) is 2. The van der Waals surface area contributed by atoms with Gasteiger partial charge in [0.15, 0.2) is 0 Å². The van der Waals surface area contributed by atoms with Crippen molar-refractivity contribution in [3.63, 3.8) is 0 Å². The summed E-state index contributed by atoms with van der Waals surface area (Å²) in [5.41, 5.74) is 2.71. The van der Waals surface area contributed by atoms with E-state index in [-0.39, 0.29) is 5.91 Å². The Bertz CT molecular complexity index is 355. The molecule has 0 fully saturated rings. The molecule has 0 saturated heterocycles. The molecule has 4 nitrogen and oxygen atoms in total. The van der Waals surface area contributed by atoms with E-state index >= 15 is 0 Å². The molecular weight excluding hydrogens is 202 g/mol. The van der Waals surface area contributed by atoms with E-state index < -0.39 is 0 Å². The molecular formula is C12H21N3O. The highest BCUT2D eigenvalue weighted by Gasteiger charge is 2.10. The van der Waals surface area contributed by atoms with Crippen LogP contribution in [-0.2, 0) is 0 Å². The molecule has 0 bridgehead atoms. The molecule has 16 heavy (non-hydrogen) atoms.